The van der Waals surface area contributed by atoms with E-state index in [9.17, 15) is 28.1 Å². The van der Waals surface area contributed by atoms with Crippen molar-refractivity contribution in [1.82, 2.24) is 14.9 Å². The Morgan fingerprint density at radius 3 is 2.63 bits per heavy atom. The van der Waals surface area contributed by atoms with E-state index in [-0.39, 0.29) is 28.3 Å². The van der Waals surface area contributed by atoms with Crippen LogP contribution in [0.5, 0.6) is 0 Å². The summed E-state index contributed by atoms with van der Waals surface area (Å²) in [7, 11) is 0. The molecule has 4 rings (SSSR count). The number of thiazole rings is 1. The molecule has 1 aliphatic heterocycles. The van der Waals surface area contributed by atoms with Gasteiger partial charge in [0.25, 0.3) is 5.69 Å². The van der Waals surface area contributed by atoms with Crippen molar-refractivity contribution in [3.63, 3.8) is 0 Å². The van der Waals surface area contributed by atoms with Gasteiger partial charge in [0.05, 0.1) is 32.0 Å². The van der Waals surface area contributed by atoms with Gasteiger partial charge in [-0.25, -0.2) is 9.97 Å². The molecule has 0 aliphatic carbocycles. The highest BCUT2D eigenvalue weighted by molar-refractivity contribution is 7.99. The van der Waals surface area contributed by atoms with Crippen LogP contribution >= 0.6 is 34.7 Å². The van der Waals surface area contributed by atoms with Crippen molar-refractivity contribution in [2.24, 2.45) is 0 Å². The molecular formula is C22H18ClF3N4O3S2. The monoisotopic (exact) mass is 542 g/mol. The molecule has 13 heteroatoms. The molecule has 0 unspecified atom stereocenters. The van der Waals surface area contributed by atoms with Crippen molar-refractivity contribution in [1.29, 1.82) is 0 Å². The van der Waals surface area contributed by atoms with E-state index in [0.29, 0.717) is 29.4 Å². The molecule has 1 amide bonds. The minimum atomic E-state index is -4.44. The molecule has 1 aromatic carbocycles. The normalized spacial score (nSPS) is 14.8. The maximum absolute atomic E-state index is 12.6. The third kappa shape index (κ3) is 6.11. The Balaban J connectivity index is 1.30. The molecule has 0 saturated carbocycles. The molecule has 0 N–H and O–H groups in total. The Kier molecular flexibility index (Phi) is 7.62. The van der Waals surface area contributed by atoms with Gasteiger partial charge in [0.15, 0.2) is 0 Å². The van der Waals surface area contributed by atoms with Crippen LogP contribution in [0.2, 0.25) is 5.02 Å². The summed E-state index contributed by atoms with van der Waals surface area (Å²) in [6.45, 7) is 1.09. The quantitative estimate of drug-likeness (QED) is 0.207. The summed E-state index contributed by atoms with van der Waals surface area (Å²) in [5, 5.41) is 14.3. The Morgan fingerprint density at radius 2 is 2.00 bits per heavy atom. The number of alkyl halides is 3. The third-order valence-corrected chi connectivity index (χ3v) is 7.82. The van der Waals surface area contributed by atoms with Gasteiger partial charge in [-0.05, 0) is 31.0 Å². The standard InChI is InChI=1S/C22H18ClF3N4O3S2/c23-16-3-1-14(9-18(16)30(32)33)17-11-35-21(28-17)13-5-7-29(8-6-13)20(31)12-34-19-4-2-15(10-27-19)22(24,25)26/h1-4,9-11,13H,5-8,12H2. The number of halogens is 4. The molecule has 0 atom stereocenters. The fourth-order valence-electron chi connectivity index (χ4n) is 3.66. The summed E-state index contributed by atoms with van der Waals surface area (Å²) in [4.78, 5) is 33.4. The predicted molar refractivity (Wildman–Crippen MR) is 128 cm³/mol. The largest absolute Gasteiger partial charge is 0.417 e. The van der Waals surface area contributed by atoms with Crippen LogP contribution in [0.4, 0.5) is 18.9 Å². The lowest BCUT2D eigenvalue weighted by atomic mass is 9.97. The molecule has 0 spiro atoms. The second kappa shape index (κ2) is 10.5. The number of piperidine rings is 1. The summed E-state index contributed by atoms with van der Waals surface area (Å²) in [6.07, 6.45) is -2.23. The summed E-state index contributed by atoms with van der Waals surface area (Å²) in [6, 6.07) is 6.80. The fourth-order valence-corrected chi connectivity index (χ4v) is 5.59. The van der Waals surface area contributed by atoms with Gasteiger partial charge >= 0.3 is 6.18 Å². The number of rotatable bonds is 6. The van der Waals surface area contributed by atoms with Gasteiger partial charge in [-0.15, -0.1) is 11.3 Å². The van der Waals surface area contributed by atoms with Gasteiger partial charge in [0, 0.05) is 42.2 Å². The van der Waals surface area contributed by atoms with Gasteiger partial charge < -0.3 is 4.90 Å². The van der Waals surface area contributed by atoms with E-state index in [1.807, 2.05) is 5.38 Å². The van der Waals surface area contributed by atoms with Gasteiger partial charge in [-0.2, -0.15) is 13.2 Å². The number of nitro benzene ring substituents is 1. The zero-order chi connectivity index (χ0) is 25.2. The zero-order valence-corrected chi connectivity index (χ0v) is 20.4. The number of carbonyl (C=O) groups is 1. The van der Waals surface area contributed by atoms with Crippen LogP contribution in [0, 0.1) is 10.1 Å². The van der Waals surface area contributed by atoms with Crippen molar-refractivity contribution in [2.45, 2.75) is 30.0 Å². The predicted octanol–water partition coefficient (Wildman–Crippen LogP) is 6.28. The van der Waals surface area contributed by atoms with Crippen LogP contribution in [0.1, 0.15) is 29.3 Å². The smallest absolute Gasteiger partial charge is 0.342 e. The molecule has 3 heterocycles. The number of aromatic nitrogens is 2. The SMILES string of the molecule is O=C(CSc1ccc(C(F)(F)F)cn1)N1CCC(c2nc(-c3ccc(Cl)c([N+](=O)[O-])c3)cs2)CC1. The first-order valence-electron chi connectivity index (χ1n) is 10.5. The van der Waals surface area contributed by atoms with Crippen molar-refractivity contribution >= 4 is 46.3 Å². The highest BCUT2D eigenvalue weighted by Crippen LogP contribution is 2.35. The second-order valence-electron chi connectivity index (χ2n) is 7.82. The van der Waals surface area contributed by atoms with Crippen LogP contribution in [0.3, 0.4) is 0 Å². The first-order chi connectivity index (χ1) is 16.6. The van der Waals surface area contributed by atoms with E-state index >= 15 is 0 Å². The molecule has 35 heavy (non-hydrogen) atoms. The van der Waals surface area contributed by atoms with Gasteiger partial charge in [-0.1, -0.05) is 29.4 Å². The first-order valence-corrected chi connectivity index (χ1v) is 12.7. The number of benzene rings is 1. The van der Waals surface area contributed by atoms with Gasteiger partial charge in [-0.3, -0.25) is 14.9 Å². The molecule has 1 saturated heterocycles. The molecule has 184 valence electrons. The summed E-state index contributed by atoms with van der Waals surface area (Å²) < 4.78 is 37.9. The van der Waals surface area contributed by atoms with E-state index in [1.54, 1.807) is 11.0 Å². The van der Waals surface area contributed by atoms with Crippen molar-refractivity contribution in [3.05, 3.63) is 67.6 Å². The first kappa shape index (κ1) is 25.4. The minimum absolute atomic E-state index is 0.0681. The Hall–Kier alpha value is -2.70. The maximum atomic E-state index is 12.6. The molecule has 7 nitrogen and oxygen atoms in total. The lowest BCUT2D eigenvalue weighted by Gasteiger charge is -2.31. The number of amides is 1. The summed E-state index contributed by atoms with van der Waals surface area (Å²) >= 11 is 8.47. The number of nitro groups is 1. The number of likely N-dealkylation sites (tertiary alicyclic amines) is 1. The maximum Gasteiger partial charge on any atom is 0.417 e. The Labute approximate surface area is 211 Å². The third-order valence-electron chi connectivity index (χ3n) is 5.56. The number of hydrogen-bond donors (Lipinski definition) is 0. The van der Waals surface area contributed by atoms with Crippen LogP contribution in [0.25, 0.3) is 11.3 Å². The minimum Gasteiger partial charge on any atom is -0.342 e. The average Bonchev–Trinajstić information content (AvgIpc) is 3.33. The van der Waals surface area contributed by atoms with Crippen LogP contribution in [-0.4, -0.2) is 44.5 Å². The number of thioether (sulfide) groups is 1. The van der Waals surface area contributed by atoms with E-state index in [0.717, 1.165) is 41.9 Å². The molecular weight excluding hydrogens is 525 g/mol. The van der Waals surface area contributed by atoms with Crippen LogP contribution in [-0.2, 0) is 11.0 Å². The second-order valence-corrected chi connectivity index (χ2v) is 10.1. The molecule has 0 bridgehead atoms. The Bertz CT molecular complexity index is 1230. The number of pyridine rings is 1. The topological polar surface area (TPSA) is 89.2 Å². The van der Waals surface area contributed by atoms with E-state index in [1.165, 1.54) is 29.5 Å². The Morgan fingerprint density at radius 1 is 1.26 bits per heavy atom. The lowest BCUT2D eigenvalue weighted by molar-refractivity contribution is -0.384. The molecule has 0 radical (unpaired) electrons. The fraction of sp³-hybridized carbons (Fsp3) is 0.318. The van der Waals surface area contributed by atoms with Crippen molar-refractivity contribution < 1.29 is 22.9 Å². The lowest BCUT2D eigenvalue weighted by Crippen LogP contribution is -2.38. The summed E-state index contributed by atoms with van der Waals surface area (Å²) in [5.74, 6) is 0.174. The van der Waals surface area contributed by atoms with Crippen molar-refractivity contribution in [3.8, 4) is 11.3 Å². The number of carbonyl (C=O) groups excluding carboxylic acids is 1. The number of nitrogens with zero attached hydrogens (tertiary/aromatic N) is 4. The van der Waals surface area contributed by atoms with Gasteiger partial charge in [0.2, 0.25) is 5.91 Å². The average molecular weight is 543 g/mol. The molecule has 1 aliphatic rings. The summed E-state index contributed by atoms with van der Waals surface area (Å²) in [5.41, 5.74) is 0.263. The molecule has 3 aromatic rings. The van der Waals surface area contributed by atoms with E-state index in [2.05, 4.69) is 9.97 Å². The van der Waals surface area contributed by atoms with E-state index < -0.39 is 16.7 Å². The van der Waals surface area contributed by atoms with E-state index in [4.69, 9.17) is 11.6 Å². The molecule has 1 fully saturated rings. The zero-order valence-electron chi connectivity index (χ0n) is 18.0. The molecule has 2 aromatic heterocycles. The number of hydrogen-bond acceptors (Lipinski definition) is 7. The highest BCUT2D eigenvalue weighted by atomic mass is 35.5. The highest BCUT2D eigenvalue weighted by Gasteiger charge is 2.31. The van der Waals surface area contributed by atoms with Gasteiger partial charge in [0.1, 0.15) is 5.02 Å². The van der Waals surface area contributed by atoms with Crippen molar-refractivity contribution in [2.75, 3.05) is 18.8 Å². The van der Waals surface area contributed by atoms with Crippen LogP contribution < -0.4 is 0 Å². The van der Waals surface area contributed by atoms with Crippen LogP contribution in [0.15, 0.2) is 46.9 Å².